The Labute approximate surface area is 107 Å². The van der Waals surface area contributed by atoms with Gasteiger partial charge in [-0.05, 0) is 26.1 Å². The molecular formula is C14H19N3O. The van der Waals surface area contributed by atoms with Crippen molar-refractivity contribution in [1.29, 1.82) is 0 Å². The zero-order valence-corrected chi connectivity index (χ0v) is 10.8. The smallest absolute Gasteiger partial charge is 0.0645 e. The van der Waals surface area contributed by atoms with Gasteiger partial charge in [-0.15, -0.1) is 0 Å². The lowest BCUT2D eigenvalue weighted by atomic mass is 10.2. The summed E-state index contributed by atoms with van der Waals surface area (Å²) in [6, 6.07) is 10.2. The van der Waals surface area contributed by atoms with Gasteiger partial charge in [0.05, 0.1) is 18.5 Å². The van der Waals surface area contributed by atoms with Crippen molar-refractivity contribution in [2.45, 2.75) is 19.5 Å². The number of aromatic nitrogens is 2. The highest BCUT2D eigenvalue weighted by molar-refractivity contribution is 5.30. The van der Waals surface area contributed by atoms with Crippen LogP contribution in [0.25, 0.3) is 5.69 Å². The SMILES string of the molecule is CC(CO)N(C)Cc1cnn(-c2ccccc2)c1. The number of hydrogen-bond donors (Lipinski definition) is 1. The van der Waals surface area contributed by atoms with Crippen molar-refractivity contribution in [2.24, 2.45) is 0 Å². The van der Waals surface area contributed by atoms with Crippen LogP contribution in [-0.4, -0.2) is 39.5 Å². The van der Waals surface area contributed by atoms with Crippen molar-refractivity contribution < 1.29 is 5.11 Å². The van der Waals surface area contributed by atoms with E-state index in [9.17, 15) is 0 Å². The van der Waals surface area contributed by atoms with Gasteiger partial charge in [0.25, 0.3) is 0 Å². The predicted octanol–water partition coefficient (Wildman–Crippen LogP) is 1.68. The quantitative estimate of drug-likeness (QED) is 0.871. The maximum atomic E-state index is 9.10. The minimum absolute atomic E-state index is 0.157. The first-order chi connectivity index (χ1) is 8.70. The monoisotopic (exact) mass is 245 g/mol. The van der Waals surface area contributed by atoms with Crippen LogP contribution in [0.1, 0.15) is 12.5 Å². The zero-order valence-electron chi connectivity index (χ0n) is 10.8. The minimum atomic E-state index is 0.157. The molecule has 0 radical (unpaired) electrons. The molecule has 1 atom stereocenters. The predicted molar refractivity (Wildman–Crippen MR) is 71.6 cm³/mol. The number of benzene rings is 1. The lowest BCUT2D eigenvalue weighted by Crippen LogP contribution is -2.31. The van der Waals surface area contributed by atoms with Gasteiger partial charge in [0, 0.05) is 24.3 Å². The van der Waals surface area contributed by atoms with E-state index in [1.54, 1.807) is 0 Å². The van der Waals surface area contributed by atoms with Crippen molar-refractivity contribution in [3.05, 3.63) is 48.3 Å². The van der Waals surface area contributed by atoms with Gasteiger partial charge in [-0.1, -0.05) is 18.2 Å². The summed E-state index contributed by atoms with van der Waals surface area (Å²) in [4.78, 5) is 2.10. The summed E-state index contributed by atoms with van der Waals surface area (Å²) in [5.41, 5.74) is 2.20. The fraction of sp³-hybridized carbons (Fsp3) is 0.357. The molecule has 0 aliphatic carbocycles. The van der Waals surface area contributed by atoms with Crippen LogP contribution < -0.4 is 0 Å². The maximum absolute atomic E-state index is 9.10. The zero-order chi connectivity index (χ0) is 13.0. The Morgan fingerprint density at radius 3 is 2.72 bits per heavy atom. The first-order valence-electron chi connectivity index (χ1n) is 6.11. The van der Waals surface area contributed by atoms with E-state index < -0.39 is 0 Å². The van der Waals surface area contributed by atoms with Gasteiger partial charge in [-0.2, -0.15) is 5.10 Å². The second-order valence-electron chi connectivity index (χ2n) is 4.58. The summed E-state index contributed by atoms with van der Waals surface area (Å²) in [5.74, 6) is 0. The van der Waals surface area contributed by atoms with E-state index in [2.05, 4.69) is 10.00 Å². The molecule has 1 aromatic heterocycles. The molecule has 0 saturated carbocycles. The number of rotatable bonds is 5. The summed E-state index contributed by atoms with van der Waals surface area (Å²) >= 11 is 0. The Hall–Kier alpha value is -1.65. The number of aliphatic hydroxyl groups excluding tert-OH is 1. The maximum Gasteiger partial charge on any atom is 0.0645 e. The molecule has 2 aromatic rings. The van der Waals surface area contributed by atoms with E-state index >= 15 is 0 Å². The molecule has 0 bridgehead atoms. The van der Waals surface area contributed by atoms with Crippen molar-refractivity contribution in [3.8, 4) is 5.69 Å². The average Bonchev–Trinajstić information content (AvgIpc) is 2.87. The Balaban J connectivity index is 2.07. The van der Waals surface area contributed by atoms with Crippen LogP contribution in [0.4, 0.5) is 0 Å². The van der Waals surface area contributed by atoms with Gasteiger partial charge < -0.3 is 5.11 Å². The van der Waals surface area contributed by atoms with Gasteiger partial charge in [0.15, 0.2) is 0 Å². The molecule has 0 amide bonds. The van der Waals surface area contributed by atoms with Crippen molar-refractivity contribution in [1.82, 2.24) is 14.7 Å². The fourth-order valence-electron chi connectivity index (χ4n) is 1.75. The van der Waals surface area contributed by atoms with Crippen LogP contribution in [0, 0.1) is 0 Å². The van der Waals surface area contributed by atoms with Crippen molar-refractivity contribution >= 4 is 0 Å². The molecule has 0 aliphatic heterocycles. The summed E-state index contributed by atoms with van der Waals surface area (Å²) in [5, 5.41) is 13.5. The van der Waals surface area contributed by atoms with Crippen LogP contribution in [0.5, 0.6) is 0 Å². The van der Waals surface area contributed by atoms with Crippen LogP contribution in [0.15, 0.2) is 42.7 Å². The minimum Gasteiger partial charge on any atom is -0.395 e. The van der Waals surface area contributed by atoms with Crippen LogP contribution >= 0.6 is 0 Å². The molecule has 0 aliphatic rings. The second-order valence-corrected chi connectivity index (χ2v) is 4.58. The standard InChI is InChI=1S/C14H19N3O/c1-12(11-18)16(2)9-13-8-15-17(10-13)14-6-4-3-5-7-14/h3-8,10,12,18H,9,11H2,1-2H3. The molecule has 0 fully saturated rings. The second kappa shape index (κ2) is 5.80. The number of hydrogen-bond acceptors (Lipinski definition) is 3. The van der Waals surface area contributed by atoms with E-state index in [4.69, 9.17) is 5.11 Å². The van der Waals surface area contributed by atoms with Gasteiger partial charge in [-0.3, -0.25) is 4.90 Å². The van der Waals surface area contributed by atoms with E-state index in [1.807, 2.05) is 61.4 Å². The molecule has 0 spiro atoms. The first kappa shape index (κ1) is 12.8. The third-order valence-electron chi connectivity index (χ3n) is 3.11. The van der Waals surface area contributed by atoms with Gasteiger partial charge >= 0.3 is 0 Å². The molecular weight excluding hydrogens is 226 g/mol. The fourth-order valence-corrected chi connectivity index (χ4v) is 1.75. The summed E-state index contributed by atoms with van der Waals surface area (Å²) in [7, 11) is 2.00. The molecule has 4 heteroatoms. The normalized spacial score (nSPS) is 12.9. The van der Waals surface area contributed by atoms with Crippen molar-refractivity contribution in [3.63, 3.8) is 0 Å². The molecule has 1 N–H and O–H groups in total. The van der Waals surface area contributed by atoms with Gasteiger partial charge in [0.2, 0.25) is 0 Å². The summed E-state index contributed by atoms with van der Waals surface area (Å²) in [6.45, 7) is 2.96. The van der Waals surface area contributed by atoms with Crippen LogP contribution in [0.3, 0.4) is 0 Å². The molecule has 1 unspecified atom stereocenters. The first-order valence-corrected chi connectivity index (χ1v) is 6.11. The average molecular weight is 245 g/mol. The summed E-state index contributed by atoms with van der Waals surface area (Å²) < 4.78 is 1.87. The molecule has 96 valence electrons. The van der Waals surface area contributed by atoms with Gasteiger partial charge in [0.1, 0.15) is 0 Å². The number of nitrogens with zero attached hydrogens (tertiary/aromatic N) is 3. The van der Waals surface area contributed by atoms with E-state index in [1.165, 1.54) is 0 Å². The van der Waals surface area contributed by atoms with E-state index in [-0.39, 0.29) is 12.6 Å². The lowest BCUT2D eigenvalue weighted by Gasteiger charge is -2.21. The number of aliphatic hydroxyl groups is 1. The van der Waals surface area contributed by atoms with E-state index in [0.29, 0.717) is 0 Å². The van der Waals surface area contributed by atoms with Crippen LogP contribution in [0.2, 0.25) is 0 Å². The largest absolute Gasteiger partial charge is 0.395 e. The van der Waals surface area contributed by atoms with E-state index in [0.717, 1.165) is 17.8 Å². The topological polar surface area (TPSA) is 41.3 Å². The molecule has 4 nitrogen and oxygen atoms in total. The Morgan fingerprint density at radius 2 is 2.06 bits per heavy atom. The highest BCUT2D eigenvalue weighted by Crippen LogP contribution is 2.10. The third kappa shape index (κ3) is 2.97. The molecule has 2 rings (SSSR count). The number of likely N-dealkylation sites (N-methyl/N-ethyl adjacent to an activating group) is 1. The Morgan fingerprint density at radius 1 is 1.33 bits per heavy atom. The van der Waals surface area contributed by atoms with Crippen molar-refractivity contribution in [2.75, 3.05) is 13.7 Å². The number of para-hydroxylation sites is 1. The lowest BCUT2D eigenvalue weighted by molar-refractivity contribution is 0.154. The van der Waals surface area contributed by atoms with Gasteiger partial charge in [-0.25, -0.2) is 4.68 Å². The molecule has 1 heterocycles. The molecule has 18 heavy (non-hydrogen) atoms. The highest BCUT2D eigenvalue weighted by Gasteiger charge is 2.09. The Kier molecular flexibility index (Phi) is 4.12. The highest BCUT2D eigenvalue weighted by atomic mass is 16.3. The third-order valence-corrected chi connectivity index (χ3v) is 3.11. The Bertz CT molecular complexity index is 481. The van der Waals surface area contributed by atoms with Crippen LogP contribution in [-0.2, 0) is 6.54 Å². The molecule has 1 aromatic carbocycles. The molecule has 0 saturated heterocycles. The summed E-state index contributed by atoms with van der Waals surface area (Å²) in [6.07, 6.45) is 3.89.